The first-order chi connectivity index (χ1) is 15.0. The van der Waals surface area contributed by atoms with Gasteiger partial charge < -0.3 is 9.84 Å². The number of carbonyl (C=O) groups excluding carboxylic acids is 1. The van der Waals surface area contributed by atoms with Crippen molar-refractivity contribution in [2.45, 2.75) is 58.5 Å². The molecule has 2 aromatic rings. The molecule has 0 heterocycles. The van der Waals surface area contributed by atoms with E-state index < -0.39 is 16.3 Å². The van der Waals surface area contributed by atoms with Gasteiger partial charge in [0.2, 0.25) is 0 Å². The SMILES string of the molecule is Cc1cccc(Cc2cc(OC3CCCCC3)c(O)c(C(=O)NN)c2)c1C.O=S(=O)(O)O. The molecule has 9 nitrogen and oxygen atoms in total. The smallest absolute Gasteiger partial charge is 0.394 e. The van der Waals surface area contributed by atoms with Crippen molar-refractivity contribution in [3.05, 3.63) is 58.1 Å². The average Bonchev–Trinajstić information content (AvgIpc) is 2.72. The highest BCUT2D eigenvalue weighted by atomic mass is 32.3. The number of phenolic OH excluding ortho intramolecular Hbond substituents is 1. The van der Waals surface area contributed by atoms with Crippen LogP contribution in [0.1, 0.15) is 64.7 Å². The van der Waals surface area contributed by atoms with Crippen molar-refractivity contribution in [3.63, 3.8) is 0 Å². The molecule has 0 aliphatic heterocycles. The molecule has 10 heteroatoms. The molecule has 0 atom stereocenters. The van der Waals surface area contributed by atoms with Gasteiger partial charge in [0.1, 0.15) is 0 Å². The maximum atomic E-state index is 12.2. The van der Waals surface area contributed by atoms with Gasteiger partial charge in [0, 0.05) is 0 Å². The lowest BCUT2D eigenvalue weighted by molar-refractivity contribution is 0.0948. The Labute approximate surface area is 188 Å². The molecule has 1 aliphatic rings. The van der Waals surface area contributed by atoms with E-state index >= 15 is 0 Å². The zero-order chi connectivity index (χ0) is 23.9. The first-order valence-corrected chi connectivity index (χ1v) is 11.7. The lowest BCUT2D eigenvalue weighted by atomic mass is 9.95. The first kappa shape index (κ1) is 25.6. The number of nitrogen functional groups attached to an aromatic ring is 1. The Morgan fingerprint density at radius 2 is 1.78 bits per heavy atom. The van der Waals surface area contributed by atoms with Crippen molar-refractivity contribution in [3.8, 4) is 11.5 Å². The predicted octanol–water partition coefficient (Wildman–Crippen LogP) is 3.26. The molecule has 0 unspecified atom stereocenters. The van der Waals surface area contributed by atoms with Crippen molar-refractivity contribution < 1.29 is 32.2 Å². The van der Waals surface area contributed by atoms with E-state index in [9.17, 15) is 9.90 Å². The molecule has 3 rings (SSSR count). The van der Waals surface area contributed by atoms with E-state index in [1.54, 1.807) is 6.07 Å². The number of hydrogen-bond donors (Lipinski definition) is 5. The highest BCUT2D eigenvalue weighted by molar-refractivity contribution is 7.79. The fraction of sp³-hybridized carbons (Fsp3) is 0.409. The Hall–Kier alpha value is -2.66. The molecule has 0 aromatic heterocycles. The van der Waals surface area contributed by atoms with Crippen LogP contribution in [-0.4, -0.2) is 34.6 Å². The lowest BCUT2D eigenvalue weighted by Crippen LogP contribution is -2.30. The summed E-state index contributed by atoms with van der Waals surface area (Å²) in [6.45, 7) is 4.18. The van der Waals surface area contributed by atoms with Crippen LogP contribution < -0.4 is 16.0 Å². The molecule has 0 bridgehead atoms. The number of hydrogen-bond acceptors (Lipinski definition) is 6. The molecule has 6 N–H and O–H groups in total. The van der Waals surface area contributed by atoms with E-state index in [1.807, 2.05) is 12.1 Å². The number of nitrogens with two attached hydrogens (primary N) is 1. The zero-order valence-corrected chi connectivity index (χ0v) is 19.0. The van der Waals surface area contributed by atoms with Crippen molar-refractivity contribution in [2.75, 3.05) is 0 Å². The topological polar surface area (TPSA) is 159 Å². The van der Waals surface area contributed by atoms with Gasteiger partial charge in [-0.05, 0) is 80.3 Å². The van der Waals surface area contributed by atoms with E-state index in [1.165, 1.54) is 23.1 Å². The molecule has 2 aromatic carbocycles. The number of rotatable bonds is 5. The van der Waals surface area contributed by atoms with E-state index in [0.29, 0.717) is 12.2 Å². The van der Waals surface area contributed by atoms with Gasteiger partial charge in [0.15, 0.2) is 11.5 Å². The van der Waals surface area contributed by atoms with Crippen LogP contribution in [0.25, 0.3) is 0 Å². The van der Waals surface area contributed by atoms with E-state index in [-0.39, 0.29) is 17.4 Å². The van der Waals surface area contributed by atoms with Crippen LogP contribution in [0, 0.1) is 13.8 Å². The Kier molecular flexibility index (Phi) is 9.02. The van der Waals surface area contributed by atoms with Crippen molar-refractivity contribution in [1.82, 2.24) is 5.43 Å². The van der Waals surface area contributed by atoms with Gasteiger partial charge in [-0.3, -0.25) is 19.3 Å². The third kappa shape index (κ3) is 7.79. The summed E-state index contributed by atoms with van der Waals surface area (Å²) in [5.74, 6) is 5.00. The second-order valence-electron chi connectivity index (χ2n) is 7.83. The third-order valence-electron chi connectivity index (χ3n) is 5.47. The minimum Gasteiger partial charge on any atom is -0.504 e. The minimum atomic E-state index is -4.67. The highest BCUT2D eigenvalue weighted by Crippen LogP contribution is 2.35. The fourth-order valence-corrected chi connectivity index (χ4v) is 3.69. The summed E-state index contributed by atoms with van der Waals surface area (Å²) in [4.78, 5) is 12.2. The molecule has 0 radical (unpaired) electrons. The molecule has 0 spiro atoms. The summed E-state index contributed by atoms with van der Waals surface area (Å²) in [5.41, 5.74) is 6.80. The number of phenols is 1. The van der Waals surface area contributed by atoms with Gasteiger partial charge in [-0.15, -0.1) is 0 Å². The number of nitrogens with one attached hydrogen (secondary N) is 1. The highest BCUT2D eigenvalue weighted by Gasteiger charge is 2.21. The molecule has 1 saturated carbocycles. The van der Waals surface area contributed by atoms with Crippen LogP contribution in [0.5, 0.6) is 11.5 Å². The van der Waals surface area contributed by atoms with Crippen LogP contribution in [-0.2, 0) is 16.8 Å². The summed E-state index contributed by atoms with van der Waals surface area (Å²) >= 11 is 0. The largest absolute Gasteiger partial charge is 0.504 e. The van der Waals surface area contributed by atoms with Crippen LogP contribution in [0.4, 0.5) is 0 Å². The quantitative estimate of drug-likeness (QED) is 0.194. The number of aryl methyl sites for hydroxylation is 1. The standard InChI is InChI=1S/C22H28N2O3.H2O4S/c1-14-7-6-8-17(15(14)2)11-16-12-19(22(26)24-23)21(25)20(13-16)27-18-9-4-3-5-10-18;1-5(2,3)4/h6-8,12-13,18,25H,3-5,9-11,23H2,1-2H3,(H,24,26);(H2,1,2,3,4). The van der Waals surface area contributed by atoms with E-state index in [4.69, 9.17) is 28.1 Å². The fourth-order valence-electron chi connectivity index (χ4n) is 3.69. The summed E-state index contributed by atoms with van der Waals surface area (Å²) < 4.78 is 37.7. The number of aromatic hydroxyl groups is 1. The normalized spacial score (nSPS) is 14.3. The summed E-state index contributed by atoms with van der Waals surface area (Å²) in [7, 11) is -4.67. The number of carbonyl (C=O) groups is 1. The second-order valence-corrected chi connectivity index (χ2v) is 8.72. The molecule has 32 heavy (non-hydrogen) atoms. The Bertz CT molecular complexity index is 1040. The van der Waals surface area contributed by atoms with Gasteiger partial charge in [0.05, 0.1) is 11.7 Å². The predicted molar refractivity (Wildman–Crippen MR) is 120 cm³/mol. The molecule has 1 fully saturated rings. The van der Waals surface area contributed by atoms with Crippen molar-refractivity contribution in [2.24, 2.45) is 5.84 Å². The molecule has 0 saturated heterocycles. The molecule has 176 valence electrons. The number of hydrazine groups is 1. The van der Waals surface area contributed by atoms with Crippen LogP contribution in [0.15, 0.2) is 30.3 Å². The van der Waals surface area contributed by atoms with Gasteiger partial charge in [-0.2, -0.15) is 8.42 Å². The van der Waals surface area contributed by atoms with Gasteiger partial charge in [-0.25, -0.2) is 5.84 Å². The average molecular weight is 467 g/mol. The monoisotopic (exact) mass is 466 g/mol. The number of ether oxygens (including phenoxy) is 1. The summed E-state index contributed by atoms with van der Waals surface area (Å²) in [6, 6.07) is 9.73. The number of benzene rings is 2. The molecular formula is C22H30N2O7S. The molecule has 1 aliphatic carbocycles. The Morgan fingerprint density at radius 1 is 1.16 bits per heavy atom. The van der Waals surface area contributed by atoms with Crippen LogP contribution in [0.3, 0.4) is 0 Å². The van der Waals surface area contributed by atoms with Crippen LogP contribution >= 0.6 is 0 Å². The third-order valence-corrected chi connectivity index (χ3v) is 5.47. The maximum Gasteiger partial charge on any atom is 0.394 e. The van der Waals surface area contributed by atoms with Crippen molar-refractivity contribution in [1.29, 1.82) is 0 Å². The first-order valence-electron chi connectivity index (χ1n) is 10.3. The minimum absolute atomic E-state index is 0.0781. The van der Waals surface area contributed by atoms with E-state index in [0.717, 1.165) is 31.2 Å². The summed E-state index contributed by atoms with van der Waals surface area (Å²) in [6.07, 6.45) is 6.15. The van der Waals surface area contributed by atoms with Gasteiger partial charge in [-0.1, -0.05) is 24.6 Å². The number of amides is 1. The van der Waals surface area contributed by atoms with Gasteiger partial charge >= 0.3 is 10.4 Å². The summed E-state index contributed by atoms with van der Waals surface area (Å²) in [5, 5.41) is 10.6. The maximum absolute atomic E-state index is 12.2. The van der Waals surface area contributed by atoms with Gasteiger partial charge in [0.25, 0.3) is 5.91 Å². The molecule has 1 amide bonds. The van der Waals surface area contributed by atoms with E-state index in [2.05, 4.69) is 31.4 Å². The molecular weight excluding hydrogens is 436 g/mol. The Morgan fingerprint density at radius 3 is 2.38 bits per heavy atom. The Balaban J connectivity index is 0.000000654. The second kappa shape index (κ2) is 11.3. The zero-order valence-electron chi connectivity index (χ0n) is 18.2. The van der Waals surface area contributed by atoms with Crippen molar-refractivity contribution >= 4 is 16.3 Å². The lowest BCUT2D eigenvalue weighted by Gasteiger charge is -2.24. The van der Waals surface area contributed by atoms with Crippen LogP contribution in [0.2, 0.25) is 0 Å².